The Morgan fingerprint density at radius 2 is 1.83 bits per heavy atom. The predicted octanol–water partition coefficient (Wildman–Crippen LogP) is 2.85. The summed E-state index contributed by atoms with van der Waals surface area (Å²) in [4.78, 5) is 12.9. The van der Waals surface area contributed by atoms with Gasteiger partial charge in [0.1, 0.15) is 0 Å². The number of hydrogen-bond acceptors (Lipinski definition) is 4. The summed E-state index contributed by atoms with van der Waals surface area (Å²) < 4.78 is 26.7. The van der Waals surface area contributed by atoms with Gasteiger partial charge >= 0.3 is 0 Å². The molecule has 1 saturated heterocycles. The fourth-order valence-corrected chi connectivity index (χ4v) is 5.39. The van der Waals surface area contributed by atoms with Crippen LogP contribution in [0.5, 0.6) is 0 Å². The second-order valence-electron chi connectivity index (χ2n) is 5.78. The summed E-state index contributed by atoms with van der Waals surface area (Å²) in [6, 6.07) is 11.1. The van der Waals surface area contributed by atoms with Crippen molar-refractivity contribution in [1.82, 2.24) is 9.62 Å². The van der Waals surface area contributed by atoms with Gasteiger partial charge in [-0.25, -0.2) is 8.42 Å². The molecule has 0 radical (unpaired) electrons. The van der Waals surface area contributed by atoms with Gasteiger partial charge in [0.15, 0.2) is 0 Å². The number of piperidine rings is 1. The van der Waals surface area contributed by atoms with Gasteiger partial charge in [-0.15, -0.1) is 11.3 Å². The molecule has 0 spiro atoms. The summed E-state index contributed by atoms with van der Waals surface area (Å²) in [6.07, 6.45) is 2.87. The number of nitrogens with one attached hydrogen (secondary N) is 1. The van der Waals surface area contributed by atoms with Crippen molar-refractivity contribution < 1.29 is 13.2 Å². The minimum absolute atomic E-state index is 0.222. The highest BCUT2D eigenvalue weighted by Gasteiger charge is 2.27. The standard InChI is InChI=1S/C17H20N2O3S2/c20-17(18-12-14-7-3-1-4-8-14)16-11-15(13-23-16)24(21,22)19-9-5-2-6-10-19/h1,3-4,7-8,11,13H,2,5-6,9-10,12H2,(H,18,20). The highest BCUT2D eigenvalue weighted by Crippen LogP contribution is 2.25. The minimum Gasteiger partial charge on any atom is -0.347 e. The molecule has 128 valence electrons. The molecule has 2 aromatic rings. The van der Waals surface area contributed by atoms with Gasteiger partial charge in [-0.05, 0) is 24.5 Å². The predicted molar refractivity (Wildman–Crippen MR) is 94.5 cm³/mol. The van der Waals surface area contributed by atoms with Crippen LogP contribution >= 0.6 is 11.3 Å². The zero-order valence-electron chi connectivity index (χ0n) is 13.3. The number of rotatable bonds is 5. The van der Waals surface area contributed by atoms with Crippen molar-refractivity contribution in [2.24, 2.45) is 0 Å². The maximum Gasteiger partial charge on any atom is 0.261 e. The minimum atomic E-state index is -3.48. The number of nitrogens with zero attached hydrogens (tertiary/aromatic N) is 1. The zero-order chi connectivity index (χ0) is 17.0. The van der Waals surface area contributed by atoms with E-state index in [1.54, 1.807) is 5.38 Å². The third kappa shape index (κ3) is 3.85. The van der Waals surface area contributed by atoms with Crippen molar-refractivity contribution in [3.8, 4) is 0 Å². The van der Waals surface area contributed by atoms with Crippen molar-refractivity contribution in [3.05, 3.63) is 52.2 Å². The van der Waals surface area contributed by atoms with E-state index in [1.807, 2.05) is 30.3 Å². The molecule has 7 heteroatoms. The fraction of sp³-hybridized carbons (Fsp3) is 0.353. The Bertz CT molecular complexity index is 794. The molecular weight excluding hydrogens is 344 g/mol. The Hall–Kier alpha value is -1.70. The molecule has 0 atom stereocenters. The summed E-state index contributed by atoms with van der Waals surface area (Å²) in [5.41, 5.74) is 1.00. The van der Waals surface area contributed by atoms with Crippen LogP contribution in [-0.4, -0.2) is 31.7 Å². The van der Waals surface area contributed by atoms with Gasteiger partial charge < -0.3 is 5.32 Å². The van der Waals surface area contributed by atoms with E-state index in [4.69, 9.17) is 0 Å². The Labute approximate surface area is 146 Å². The van der Waals surface area contributed by atoms with Crippen molar-refractivity contribution in [2.45, 2.75) is 30.7 Å². The van der Waals surface area contributed by atoms with E-state index < -0.39 is 10.0 Å². The molecule has 1 aliphatic heterocycles. The molecule has 0 bridgehead atoms. The lowest BCUT2D eigenvalue weighted by atomic mass is 10.2. The van der Waals surface area contributed by atoms with Crippen LogP contribution in [0, 0.1) is 0 Å². The van der Waals surface area contributed by atoms with Crippen molar-refractivity contribution in [3.63, 3.8) is 0 Å². The third-order valence-corrected chi connectivity index (χ3v) is 7.00. The van der Waals surface area contributed by atoms with Crippen LogP contribution in [0.1, 0.15) is 34.5 Å². The number of thiophene rings is 1. The average molecular weight is 364 g/mol. The first-order chi connectivity index (χ1) is 11.6. The molecule has 24 heavy (non-hydrogen) atoms. The molecule has 3 rings (SSSR count). The molecule has 1 aromatic carbocycles. The van der Waals surface area contributed by atoms with Gasteiger partial charge in [-0.2, -0.15) is 4.31 Å². The van der Waals surface area contributed by atoms with E-state index in [2.05, 4.69) is 5.32 Å². The maximum atomic E-state index is 12.6. The molecular formula is C17H20N2O3S2. The number of benzene rings is 1. The van der Waals surface area contributed by atoms with Gasteiger partial charge in [0.05, 0.1) is 9.77 Å². The number of sulfonamides is 1. The molecule has 0 saturated carbocycles. The molecule has 1 aliphatic rings. The summed E-state index contributed by atoms with van der Waals surface area (Å²) >= 11 is 1.17. The Morgan fingerprint density at radius 1 is 1.12 bits per heavy atom. The summed E-state index contributed by atoms with van der Waals surface area (Å²) in [7, 11) is -3.48. The van der Waals surface area contributed by atoms with E-state index in [0.717, 1.165) is 24.8 Å². The zero-order valence-corrected chi connectivity index (χ0v) is 14.9. The van der Waals surface area contributed by atoms with Crippen LogP contribution in [0.15, 0.2) is 46.7 Å². The van der Waals surface area contributed by atoms with Crippen molar-refractivity contribution in [2.75, 3.05) is 13.1 Å². The lowest BCUT2D eigenvalue weighted by Crippen LogP contribution is -2.35. The molecule has 1 aromatic heterocycles. The lowest BCUT2D eigenvalue weighted by Gasteiger charge is -2.25. The number of carbonyl (C=O) groups excluding carboxylic acids is 1. The highest BCUT2D eigenvalue weighted by atomic mass is 32.2. The summed E-state index contributed by atoms with van der Waals surface area (Å²) in [6.45, 7) is 1.55. The normalized spacial score (nSPS) is 16.0. The van der Waals surface area contributed by atoms with E-state index in [9.17, 15) is 13.2 Å². The average Bonchev–Trinajstić information content (AvgIpc) is 3.12. The quantitative estimate of drug-likeness (QED) is 0.887. The molecule has 5 nitrogen and oxygen atoms in total. The highest BCUT2D eigenvalue weighted by molar-refractivity contribution is 7.89. The topological polar surface area (TPSA) is 66.5 Å². The monoisotopic (exact) mass is 364 g/mol. The summed E-state index contributed by atoms with van der Waals surface area (Å²) in [5.74, 6) is -0.246. The molecule has 1 amide bonds. The Kier molecular flexibility index (Phi) is 5.33. The van der Waals surface area contributed by atoms with Gasteiger partial charge in [0.25, 0.3) is 5.91 Å². The number of hydrogen-bond donors (Lipinski definition) is 1. The molecule has 1 fully saturated rings. The number of amides is 1. The molecule has 0 aliphatic carbocycles. The van der Waals surface area contributed by atoms with Gasteiger partial charge in [-0.3, -0.25) is 4.79 Å². The largest absolute Gasteiger partial charge is 0.347 e. The van der Waals surface area contributed by atoms with Crippen molar-refractivity contribution in [1.29, 1.82) is 0 Å². The van der Waals surface area contributed by atoms with Crippen LogP contribution in [0.3, 0.4) is 0 Å². The first-order valence-electron chi connectivity index (χ1n) is 7.98. The smallest absolute Gasteiger partial charge is 0.261 e. The molecule has 1 N–H and O–H groups in total. The Morgan fingerprint density at radius 3 is 2.54 bits per heavy atom. The fourth-order valence-electron chi connectivity index (χ4n) is 2.69. The van der Waals surface area contributed by atoms with Gasteiger partial charge in [0.2, 0.25) is 10.0 Å². The third-order valence-electron chi connectivity index (χ3n) is 4.05. The van der Waals surface area contributed by atoms with Crippen LogP contribution in [0.2, 0.25) is 0 Å². The SMILES string of the molecule is O=C(NCc1ccccc1)c1cc(S(=O)(=O)N2CCCCC2)cs1. The molecule has 0 unspecified atom stereocenters. The van der Waals surface area contributed by atoms with Gasteiger partial charge in [-0.1, -0.05) is 36.8 Å². The van der Waals surface area contributed by atoms with Crippen molar-refractivity contribution >= 4 is 27.3 Å². The first kappa shape index (κ1) is 17.1. The van der Waals surface area contributed by atoms with Crippen LogP contribution in [0.4, 0.5) is 0 Å². The number of carbonyl (C=O) groups is 1. The Balaban J connectivity index is 1.67. The summed E-state index contributed by atoms with van der Waals surface area (Å²) in [5, 5.41) is 4.38. The van der Waals surface area contributed by atoms with Crippen LogP contribution in [0.25, 0.3) is 0 Å². The van der Waals surface area contributed by atoms with Gasteiger partial charge in [0, 0.05) is 25.0 Å². The second-order valence-corrected chi connectivity index (χ2v) is 8.63. The first-order valence-corrected chi connectivity index (χ1v) is 10.3. The lowest BCUT2D eigenvalue weighted by molar-refractivity contribution is 0.0955. The van der Waals surface area contributed by atoms with E-state index in [-0.39, 0.29) is 10.8 Å². The van der Waals surface area contributed by atoms with E-state index in [1.165, 1.54) is 21.7 Å². The van der Waals surface area contributed by atoms with E-state index >= 15 is 0 Å². The molecule has 2 heterocycles. The second kappa shape index (κ2) is 7.46. The van der Waals surface area contributed by atoms with Crippen LogP contribution < -0.4 is 5.32 Å². The maximum absolute atomic E-state index is 12.6. The van der Waals surface area contributed by atoms with E-state index in [0.29, 0.717) is 24.5 Å². The van der Waals surface area contributed by atoms with Crippen LogP contribution in [-0.2, 0) is 16.6 Å².